The summed E-state index contributed by atoms with van der Waals surface area (Å²) in [6.07, 6.45) is 3.34. The lowest BCUT2D eigenvalue weighted by Gasteiger charge is -2.37. The van der Waals surface area contributed by atoms with Crippen LogP contribution in [-0.2, 0) is 14.9 Å². The maximum Gasteiger partial charge on any atom is 0.279 e. The molecule has 2 aliphatic rings. The van der Waals surface area contributed by atoms with Gasteiger partial charge >= 0.3 is 0 Å². The van der Waals surface area contributed by atoms with Crippen molar-refractivity contribution < 1.29 is 13.2 Å². The van der Waals surface area contributed by atoms with Crippen LogP contribution >= 0.6 is 0 Å². The first kappa shape index (κ1) is 17.1. The van der Waals surface area contributed by atoms with E-state index in [9.17, 15) is 8.42 Å². The Kier molecular flexibility index (Phi) is 5.65. The van der Waals surface area contributed by atoms with E-state index < -0.39 is 10.2 Å². The molecule has 0 saturated carbocycles. The van der Waals surface area contributed by atoms with Gasteiger partial charge in [0.2, 0.25) is 0 Å². The molecule has 0 aromatic carbocycles. The lowest BCUT2D eigenvalue weighted by atomic mass is 9.95. The monoisotopic (exact) mass is 319 g/mol. The summed E-state index contributed by atoms with van der Waals surface area (Å²) in [5, 5.41) is 3.17. The van der Waals surface area contributed by atoms with Gasteiger partial charge in [0, 0.05) is 25.7 Å². The van der Waals surface area contributed by atoms with Crippen molar-refractivity contribution in [2.24, 2.45) is 5.92 Å². The summed E-state index contributed by atoms with van der Waals surface area (Å²) in [6, 6.07) is -0.0196. The molecule has 0 spiro atoms. The van der Waals surface area contributed by atoms with Crippen LogP contribution < -0.4 is 10.0 Å². The molecule has 1 atom stereocenters. The molecule has 6 nitrogen and oxygen atoms in total. The first-order chi connectivity index (χ1) is 9.82. The molecule has 0 bridgehead atoms. The summed E-state index contributed by atoms with van der Waals surface area (Å²) in [5.41, 5.74) is -0.245. The normalized spacial score (nSPS) is 28.6. The molecular weight excluding hydrogens is 290 g/mol. The maximum absolute atomic E-state index is 12.5. The van der Waals surface area contributed by atoms with Crippen molar-refractivity contribution in [1.82, 2.24) is 14.3 Å². The van der Waals surface area contributed by atoms with Gasteiger partial charge in [0.1, 0.15) is 0 Å². The summed E-state index contributed by atoms with van der Waals surface area (Å²) in [7, 11) is -1.42. The van der Waals surface area contributed by atoms with Gasteiger partial charge < -0.3 is 10.1 Å². The van der Waals surface area contributed by atoms with E-state index in [0.29, 0.717) is 25.6 Å². The SMILES string of the molecule is CNCC1CCN(S(=O)(=O)NC2CCOC(C)(C)C2)CC1. The van der Waals surface area contributed by atoms with E-state index in [0.717, 1.165) is 32.2 Å². The highest BCUT2D eigenvalue weighted by molar-refractivity contribution is 7.87. The lowest BCUT2D eigenvalue weighted by molar-refractivity contribution is -0.0601. The van der Waals surface area contributed by atoms with Crippen LogP contribution in [0.25, 0.3) is 0 Å². The molecule has 7 heteroatoms. The number of ether oxygens (including phenoxy) is 1. The van der Waals surface area contributed by atoms with Crippen molar-refractivity contribution in [3.05, 3.63) is 0 Å². The van der Waals surface area contributed by atoms with E-state index in [1.807, 2.05) is 20.9 Å². The van der Waals surface area contributed by atoms with Gasteiger partial charge in [-0.3, -0.25) is 0 Å². The minimum Gasteiger partial charge on any atom is -0.375 e. The smallest absolute Gasteiger partial charge is 0.279 e. The molecule has 2 heterocycles. The molecule has 0 radical (unpaired) electrons. The number of rotatable bonds is 5. The first-order valence-corrected chi connectivity index (χ1v) is 9.32. The molecular formula is C14H29N3O3S. The second-order valence-electron chi connectivity index (χ2n) is 6.82. The predicted molar refractivity (Wildman–Crippen MR) is 83.3 cm³/mol. The maximum atomic E-state index is 12.5. The molecule has 2 aliphatic heterocycles. The van der Waals surface area contributed by atoms with Crippen LogP contribution in [0.3, 0.4) is 0 Å². The third-order valence-corrected chi connectivity index (χ3v) is 6.10. The molecule has 2 rings (SSSR count). The van der Waals surface area contributed by atoms with Crippen molar-refractivity contribution in [3.8, 4) is 0 Å². The second kappa shape index (κ2) is 6.91. The fourth-order valence-electron chi connectivity index (χ4n) is 3.26. The first-order valence-electron chi connectivity index (χ1n) is 7.88. The fourth-order valence-corrected chi connectivity index (χ4v) is 4.72. The number of hydrogen-bond donors (Lipinski definition) is 2. The Morgan fingerprint density at radius 1 is 1.24 bits per heavy atom. The summed E-state index contributed by atoms with van der Waals surface area (Å²) >= 11 is 0. The Labute approximate surface area is 128 Å². The van der Waals surface area contributed by atoms with Crippen LogP contribution in [0.2, 0.25) is 0 Å². The highest BCUT2D eigenvalue weighted by atomic mass is 32.2. The van der Waals surface area contributed by atoms with Crippen LogP contribution in [0.1, 0.15) is 39.5 Å². The van der Waals surface area contributed by atoms with Crippen molar-refractivity contribution in [2.75, 3.05) is 33.3 Å². The Balaban J connectivity index is 1.87. The van der Waals surface area contributed by atoms with Crippen molar-refractivity contribution in [2.45, 2.75) is 51.2 Å². The van der Waals surface area contributed by atoms with Gasteiger partial charge in [0.15, 0.2) is 0 Å². The summed E-state index contributed by atoms with van der Waals surface area (Å²) in [5.74, 6) is 0.587. The van der Waals surface area contributed by atoms with E-state index in [1.165, 1.54) is 0 Å². The van der Waals surface area contributed by atoms with E-state index in [1.54, 1.807) is 4.31 Å². The van der Waals surface area contributed by atoms with Crippen molar-refractivity contribution >= 4 is 10.2 Å². The van der Waals surface area contributed by atoms with Crippen LogP contribution in [0.15, 0.2) is 0 Å². The van der Waals surface area contributed by atoms with Crippen LogP contribution in [0.5, 0.6) is 0 Å². The molecule has 2 N–H and O–H groups in total. The van der Waals surface area contributed by atoms with Crippen LogP contribution in [0.4, 0.5) is 0 Å². The molecule has 1 unspecified atom stereocenters. The van der Waals surface area contributed by atoms with E-state index in [2.05, 4.69) is 10.0 Å². The highest BCUT2D eigenvalue weighted by Gasteiger charge is 2.34. The standard InChI is InChI=1S/C14H29N3O3S/c1-14(2)10-13(6-9-20-14)16-21(18,19)17-7-4-12(5-8-17)11-15-3/h12-13,15-16H,4-11H2,1-3H3. The Morgan fingerprint density at radius 2 is 1.90 bits per heavy atom. The summed E-state index contributed by atoms with van der Waals surface area (Å²) < 4.78 is 35.1. The fraction of sp³-hybridized carbons (Fsp3) is 1.00. The lowest BCUT2D eigenvalue weighted by Crippen LogP contribution is -2.52. The van der Waals surface area contributed by atoms with Crippen LogP contribution in [0, 0.1) is 5.92 Å². The van der Waals surface area contributed by atoms with Gasteiger partial charge in [0.25, 0.3) is 10.2 Å². The number of nitrogens with one attached hydrogen (secondary N) is 2. The summed E-state index contributed by atoms with van der Waals surface area (Å²) in [4.78, 5) is 0. The molecule has 0 aliphatic carbocycles. The largest absolute Gasteiger partial charge is 0.375 e. The van der Waals surface area contributed by atoms with Gasteiger partial charge in [-0.1, -0.05) is 0 Å². The van der Waals surface area contributed by atoms with Crippen molar-refractivity contribution in [1.29, 1.82) is 0 Å². The zero-order valence-corrected chi connectivity index (χ0v) is 14.2. The predicted octanol–water partition coefficient (Wildman–Crippen LogP) is 0.710. The van der Waals surface area contributed by atoms with Crippen LogP contribution in [-0.4, -0.2) is 57.7 Å². The number of hydrogen-bond acceptors (Lipinski definition) is 4. The van der Waals surface area contributed by atoms with Gasteiger partial charge in [-0.15, -0.1) is 0 Å². The third-order valence-electron chi connectivity index (χ3n) is 4.42. The molecule has 0 aromatic heterocycles. The molecule has 2 fully saturated rings. The number of piperidine rings is 1. The average Bonchev–Trinajstić information content (AvgIpc) is 2.38. The van der Waals surface area contributed by atoms with Gasteiger partial charge in [-0.05, 0) is 59.0 Å². The molecule has 21 heavy (non-hydrogen) atoms. The molecule has 124 valence electrons. The summed E-state index contributed by atoms with van der Waals surface area (Å²) in [6.45, 7) is 6.84. The second-order valence-corrected chi connectivity index (χ2v) is 8.52. The Morgan fingerprint density at radius 3 is 2.48 bits per heavy atom. The Hall–Kier alpha value is -0.210. The van der Waals surface area contributed by atoms with E-state index in [4.69, 9.17) is 4.74 Å². The molecule has 2 saturated heterocycles. The van der Waals surface area contributed by atoms with Gasteiger partial charge in [-0.2, -0.15) is 17.4 Å². The zero-order valence-electron chi connectivity index (χ0n) is 13.4. The van der Waals surface area contributed by atoms with Gasteiger partial charge in [0.05, 0.1) is 5.60 Å². The minimum atomic E-state index is -3.36. The zero-order chi connectivity index (χ0) is 15.5. The molecule has 0 amide bonds. The van der Waals surface area contributed by atoms with E-state index >= 15 is 0 Å². The van der Waals surface area contributed by atoms with E-state index in [-0.39, 0.29) is 11.6 Å². The number of nitrogens with zero attached hydrogens (tertiary/aromatic N) is 1. The van der Waals surface area contributed by atoms with Gasteiger partial charge in [-0.25, -0.2) is 0 Å². The average molecular weight is 319 g/mol. The topological polar surface area (TPSA) is 70.7 Å². The quantitative estimate of drug-likeness (QED) is 0.783. The minimum absolute atomic E-state index is 0.0196. The highest BCUT2D eigenvalue weighted by Crippen LogP contribution is 2.25. The third kappa shape index (κ3) is 4.89. The molecule has 0 aromatic rings. The Bertz CT molecular complexity index is 431. The van der Waals surface area contributed by atoms with Crippen molar-refractivity contribution in [3.63, 3.8) is 0 Å².